The number of phenols is 1. The number of carbonyl (C=O) groups excluding carboxylic acids is 1. The maximum atomic E-state index is 11.6. The largest absolute Gasteiger partial charge is 0.506 e. The van der Waals surface area contributed by atoms with Gasteiger partial charge in [-0.1, -0.05) is 19.4 Å². The molecule has 1 amide bonds. The van der Waals surface area contributed by atoms with Crippen LogP contribution in [0.2, 0.25) is 0 Å². The molecule has 16 heavy (non-hydrogen) atoms. The zero-order valence-corrected chi connectivity index (χ0v) is 9.66. The van der Waals surface area contributed by atoms with Gasteiger partial charge in [0.15, 0.2) is 0 Å². The molecule has 0 unspecified atom stereocenters. The van der Waals surface area contributed by atoms with E-state index >= 15 is 0 Å². The van der Waals surface area contributed by atoms with Crippen molar-refractivity contribution in [2.24, 2.45) is 5.73 Å². The van der Waals surface area contributed by atoms with Crippen LogP contribution in [0.5, 0.6) is 5.75 Å². The molecule has 0 fully saturated rings. The Bertz CT molecular complexity index is 377. The summed E-state index contributed by atoms with van der Waals surface area (Å²) in [5, 5.41) is 12.2. The van der Waals surface area contributed by atoms with Gasteiger partial charge in [0.25, 0.3) is 0 Å². The van der Waals surface area contributed by atoms with E-state index in [-0.39, 0.29) is 11.7 Å². The summed E-state index contributed by atoms with van der Waals surface area (Å²) in [7, 11) is 0. The highest BCUT2D eigenvalue weighted by Gasteiger charge is 2.13. The quantitative estimate of drug-likeness (QED) is 0.679. The third-order valence-electron chi connectivity index (χ3n) is 2.35. The minimum absolute atomic E-state index is 0.0580. The van der Waals surface area contributed by atoms with E-state index in [1.807, 2.05) is 13.8 Å². The lowest BCUT2D eigenvalue weighted by atomic mass is 10.1. The van der Waals surface area contributed by atoms with Gasteiger partial charge in [-0.25, -0.2) is 0 Å². The van der Waals surface area contributed by atoms with Gasteiger partial charge in [-0.05, 0) is 31.0 Å². The molecule has 4 heteroatoms. The average Bonchev–Trinajstić information content (AvgIpc) is 2.23. The van der Waals surface area contributed by atoms with Crippen molar-refractivity contribution in [3.63, 3.8) is 0 Å². The van der Waals surface area contributed by atoms with Crippen molar-refractivity contribution in [3.8, 4) is 5.75 Å². The third-order valence-corrected chi connectivity index (χ3v) is 2.35. The normalized spacial score (nSPS) is 12.2. The predicted octanol–water partition coefficient (Wildman–Crippen LogP) is 1.77. The Balaban J connectivity index is 2.72. The van der Waals surface area contributed by atoms with Crippen LogP contribution in [-0.4, -0.2) is 17.1 Å². The van der Waals surface area contributed by atoms with Gasteiger partial charge in [0, 0.05) is 0 Å². The molecule has 0 aliphatic rings. The van der Waals surface area contributed by atoms with E-state index in [0.29, 0.717) is 12.1 Å². The molecule has 0 heterocycles. The van der Waals surface area contributed by atoms with Crippen LogP contribution in [0.1, 0.15) is 25.3 Å². The van der Waals surface area contributed by atoms with Crippen molar-refractivity contribution < 1.29 is 9.90 Å². The molecule has 0 aliphatic heterocycles. The summed E-state index contributed by atoms with van der Waals surface area (Å²) in [6.07, 6.45) is 1.49. The summed E-state index contributed by atoms with van der Waals surface area (Å²) in [4.78, 5) is 11.6. The van der Waals surface area contributed by atoms with E-state index in [2.05, 4.69) is 5.32 Å². The number of benzene rings is 1. The monoisotopic (exact) mass is 222 g/mol. The summed E-state index contributed by atoms with van der Waals surface area (Å²) < 4.78 is 0. The molecule has 1 aromatic rings. The van der Waals surface area contributed by atoms with Crippen molar-refractivity contribution in [1.82, 2.24) is 0 Å². The first-order valence-electron chi connectivity index (χ1n) is 5.40. The van der Waals surface area contributed by atoms with E-state index in [4.69, 9.17) is 5.73 Å². The molecule has 0 aliphatic carbocycles. The molecular formula is C12H18N2O2. The van der Waals surface area contributed by atoms with Crippen molar-refractivity contribution in [2.45, 2.75) is 32.7 Å². The number of carbonyl (C=O) groups is 1. The van der Waals surface area contributed by atoms with Crippen molar-refractivity contribution >= 4 is 11.6 Å². The Kier molecular flexibility index (Phi) is 4.31. The van der Waals surface area contributed by atoms with Crippen LogP contribution in [0, 0.1) is 6.92 Å². The van der Waals surface area contributed by atoms with Crippen LogP contribution in [0.4, 0.5) is 5.69 Å². The Morgan fingerprint density at radius 3 is 2.88 bits per heavy atom. The van der Waals surface area contributed by atoms with E-state index < -0.39 is 6.04 Å². The van der Waals surface area contributed by atoms with E-state index in [1.165, 1.54) is 0 Å². The second kappa shape index (κ2) is 5.51. The van der Waals surface area contributed by atoms with Gasteiger partial charge in [0.05, 0.1) is 11.7 Å². The topological polar surface area (TPSA) is 75.4 Å². The van der Waals surface area contributed by atoms with Gasteiger partial charge in [0.1, 0.15) is 5.75 Å². The highest BCUT2D eigenvalue weighted by molar-refractivity contribution is 5.95. The lowest BCUT2D eigenvalue weighted by Gasteiger charge is -2.12. The van der Waals surface area contributed by atoms with Gasteiger partial charge >= 0.3 is 0 Å². The summed E-state index contributed by atoms with van der Waals surface area (Å²) in [6, 6.07) is 4.52. The van der Waals surface area contributed by atoms with E-state index in [9.17, 15) is 9.90 Å². The second-order valence-electron chi connectivity index (χ2n) is 3.91. The average molecular weight is 222 g/mol. The molecule has 0 bridgehead atoms. The lowest BCUT2D eigenvalue weighted by molar-refractivity contribution is -0.117. The fraction of sp³-hybridized carbons (Fsp3) is 0.417. The molecule has 88 valence electrons. The smallest absolute Gasteiger partial charge is 0.241 e. The standard InChI is InChI=1S/C12H18N2O2/c1-3-4-9(13)12(16)14-10-7-8(2)5-6-11(10)15/h5-7,9,15H,3-4,13H2,1-2H3,(H,14,16)/t9-/m1/s1. The number of amides is 1. The van der Waals surface area contributed by atoms with Crippen LogP contribution < -0.4 is 11.1 Å². The van der Waals surface area contributed by atoms with Gasteiger partial charge in [-0.2, -0.15) is 0 Å². The number of anilines is 1. The minimum atomic E-state index is -0.523. The van der Waals surface area contributed by atoms with Gasteiger partial charge in [0.2, 0.25) is 5.91 Å². The summed E-state index contributed by atoms with van der Waals surface area (Å²) in [5.41, 5.74) is 7.05. The maximum absolute atomic E-state index is 11.6. The van der Waals surface area contributed by atoms with Gasteiger partial charge in [-0.3, -0.25) is 4.79 Å². The summed E-state index contributed by atoms with van der Waals surface area (Å²) in [5.74, 6) is -0.203. The van der Waals surface area contributed by atoms with Crippen LogP contribution in [0.15, 0.2) is 18.2 Å². The maximum Gasteiger partial charge on any atom is 0.241 e. The van der Waals surface area contributed by atoms with Crippen molar-refractivity contribution in [1.29, 1.82) is 0 Å². The number of hydrogen-bond acceptors (Lipinski definition) is 3. The highest BCUT2D eigenvalue weighted by atomic mass is 16.3. The first kappa shape index (κ1) is 12.5. The number of rotatable bonds is 4. The summed E-state index contributed by atoms with van der Waals surface area (Å²) >= 11 is 0. The predicted molar refractivity (Wildman–Crippen MR) is 64.4 cm³/mol. The molecule has 1 rings (SSSR count). The minimum Gasteiger partial charge on any atom is -0.506 e. The highest BCUT2D eigenvalue weighted by Crippen LogP contribution is 2.23. The van der Waals surface area contributed by atoms with Gasteiger partial charge < -0.3 is 16.2 Å². The SMILES string of the molecule is CCC[C@@H](N)C(=O)Nc1cc(C)ccc1O. The molecule has 0 saturated carbocycles. The first-order valence-corrected chi connectivity index (χ1v) is 5.40. The molecule has 1 atom stereocenters. The van der Waals surface area contributed by atoms with E-state index in [0.717, 1.165) is 12.0 Å². The zero-order valence-electron chi connectivity index (χ0n) is 9.66. The molecule has 0 saturated heterocycles. The Labute approximate surface area is 95.5 Å². The van der Waals surface area contributed by atoms with Crippen LogP contribution in [-0.2, 0) is 4.79 Å². The van der Waals surface area contributed by atoms with Crippen LogP contribution >= 0.6 is 0 Å². The Hall–Kier alpha value is -1.55. The molecule has 0 spiro atoms. The third kappa shape index (κ3) is 3.24. The fourth-order valence-electron chi connectivity index (χ4n) is 1.42. The number of aryl methyl sites for hydroxylation is 1. The number of nitrogens with one attached hydrogen (secondary N) is 1. The first-order chi connectivity index (χ1) is 7.54. The number of nitrogens with two attached hydrogens (primary N) is 1. The molecule has 0 radical (unpaired) electrons. The fourth-order valence-corrected chi connectivity index (χ4v) is 1.42. The molecule has 0 aromatic heterocycles. The second-order valence-corrected chi connectivity index (χ2v) is 3.91. The molecular weight excluding hydrogens is 204 g/mol. The van der Waals surface area contributed by atoms with Crippen LogP contribution in [0.3, 0.4) is 0 Å². The number of phenolic OH excluding ortho intramolecular Hbond substituents is 1. The lowest BCUT2D eigenvalue weighted by Crippen LogP contribution is -2.35. The number of aromatic hydroxyl groups is 1. The van der Waals surface area contributed by atoms with E-state index in [1.54, 1.807) is 18.2 Å². The van der Waals surface area contributed by atoms with Crippen molar-refractivity contribution in [2.75, 3.05) is 5.32 Å². The van der Waals surface area contributed by atoms with Crippen molar-refractivity contribution in [3.05, 3.63) is 23.8 Å². The number of hydrogen-bond donors (Lipinski definition) is 3. The molecule has 4 nitrogen and oxygen atoms in total. The van der Waals surface area contributed by atoms with Crippen LogP contribution in [0.25, 0.3) is 0 Å². The zero-order chi connectivity index (χ0) is 12.1. The molecule has 1 aromatic carbocycles. The Morgan fingerprint density at radius 2 is 2.25 bits per heavy atom. The Morgan fingerprint density at radius 1 is 1.56 bits per heavy atom. The molecule has 4 N–H and O–H groups in total. The summed E-state index contributed by atoms with van der Waals surface area (Å²) in [6.45, 7) is 3.86. The van der Waals surface area contributed by atoms with Gasteiger partial charge in [-0.15, -0.1) is 0 Å².